The van der Waals surface area contributed by atoms with Crippen LogP contribution in [-0.2, 0) is 16.1 Å². The second-order valence-corrected chi connectivity index (χ2v) is 10.7. The summed E-state index contributed by atoms with van der Waals surface area (Å²) in [5, 5.41) is 12.9. The fourth-order valence-electron chi connectivity index (χ4n) is 5.12. The number of rotatable bonds is 6. The van der Waals surface area contributed by atoms with Crippen molar-refractivity contribution in [2.45, 2.75) is 57.9 Å². The van der Waals surface area contributed by atoms with Crippen LogP contribution in [-0.4, -0.2) is 59.8 Å². The molecule has 1 fully saturated rings. The van der Waals surface area contributed by atoms with E-state index in [4.69, 9.17) is 25.6 Å². The molecule has 0 unspecified atom stereocenters. The van der Waals surface area contributed by atoms with Crippen molar-refractivity contribution < 1.29 is 28.4 Å². The van der Waals surface area contributed by atoms with Crippen molar-refractivity contribution in [2.75, 3.05) is 24.3 Å². The number of halogens is 1. The van der Waals surface area contributed by atoms with E-state index >= 15 is 0 Å². The first-order chi connectivity index (χ1) is 19.7. The van der Waals surface area contributed by atoms with Crippen LogP contribution in [0.15, 0.2) is 47.0 Å². The van der Waals surface area contributed by atoms with Crippen molar-refractivity contribution in [3.63, 3.8) is 0 Å². The first-order valence-electron chi connectivity index (χ1n) is 13.4. The van der Waals surface area contributed by atoms with E-state index in [1.807, 2.05) is 12.1 Å². The van der Waals surface area contributed by atoms with Crippen molar-refractivity contribution in [3.05, 3.63) is 70.1 Å². The van der Waals surface area contributed by atoms with Crippen LogP contribution in [0.1, 0.15) is 46.6 Å². The summed E-state index contributed by atoms with van der Waals surface area (Å²) in [5.41, 5.74) is 2.78. The number of hydrogen-bond acceptors (Lipinski definition) is 7. The Balaban J connectivity index is 1.20. The Kier molecular flexibility index (Phi) is 8.46. The minimum Gasteiger partial charge on any atom is -0.490 e. The van der Waals surface area contributed by atoms with E-state index in [2.05, 4.69) is 21.1 Å². The number of amides is 4. The molecule has 1 aromatic heterocycles. The van der Waals surface area contributed by atoms with E-state index in [1.54, 1.807) is 56.1 Å². The molecule has 4 amide bonds. The molecule has 12 heteroatoms. The highest BCUT2D eigenvalue weighted by Crippen LogP contribution is 2.32. The summed E-state index contributed by atoms with van der Waals surface area (Å²) < 4.78 is 17.4. The van der Waals surface area contributed by atoms with Gasteiger partial charge in [-0.3, -0.25) is 9.59 Å². The number of urea groups is 1. The number of fused-ring (bicyclic) bond motifs is 2. The van der Waals surface area contributed by atoms with Gasteiger partial charge in [0, 0.05) is 24.3 Å². The third-order valence-electron chi connectivity index (χ3n) is 7.36. The Morgan fingerprint density at radius 2 is 1.88 bits per heavy atom. The molecule has 2 aliphatic rings. The molecule has 0 bridgehead atoms. The van der Waals surface area contributed by atoms with Gasteiger partial charge >= 0.3 is 6.03 Å². The lowest BCUT2D eigenvalue weighted by Gasteiger charge is -2.42. The van der Waals surface area contributed by atoms with Crippen LogP contribution < -0.4 is 20.7 Å². The van der Waals surface area contributed by atoms with Crippen LogP contribution in [0.2, 0.25) is 5.02 Å². The molecule has 3 aromatic rings. The summed E-state index contributed by atoms with van der Waals surface area (Å²) in [4.78, 5) is 40.3. The Morgan fingerprint density at radius 1 is 1.10 bits per heavy atom. The Labute approximate surface area is 242 Å². The standard InChI is InChI=1S/C29H32ClN5O6/c1-16-27(17(2)41-34-16)33-29(38)32-20-8-11-24-22(12-20)28(37)35(3)23-10-9-21(40-25(23)15-39-24)13-26(36)31-14-18-4-6-19(30)7-5-18/h4-8,11-12,21,23,25H,9-10,13-15H2,1-3H3,(H,31,36)(H2,32,33,38)/t21-,23+,25+/m0/s1. The van der Waals surface area contributed by atoms with E-state index in [-0.39, 0.29) is 37.0 Å². The van der Waals surface area contributed by atoms with Crippen LogP contribution in [0.3, 0.4) is 0 Å². The SMILES string of the molecule is Cc1noc(C)c1NC(=O)Nc1ccc2c(c1)C(=O)N(C)[C@@H]1CC[C@@H](CC(=O)NCc3ccc(Cl)cc3)O[C@@H]1CO2. The van der Waals surface area contributed by atoms with Crippen molar-refractivity contribution in [1.82, 2.24) is 15.4 Å². The van der Waals surface area contributed by atoms with Gasteiger partial charge in [-0.2, -0.15) is 0 Å². The number of hydrogen-bond donors (Lipinski definition) is 3. The van der Waals surface area contributed by atoms with Crippen molar-refractivity contribution in [2.24, 2.45) is 0 Å². The summed E-state index contributed by atoms with van der Waals surface area (Å²) in [6.07, 6.45) is 0.840. The highest BCUT2D eigenvalue weighted by Gasteiger charge is 2.39. The van der Waals surface area contributed by atoms with Gasteiger partial charge in [0.2, 0.25) is 5.91 Å². The molecule has 2 aliphatic heterocycles. The maximum Gasteiger partial charge on any atom is 0.323 e. The normalized spacial score (nSPS) is 20.1. The molecular weight excluding hydrogens is 550 g/mol. The average Bonchev–Trinajstić information content (AvgIpc) is 3.27. The Hall–Kier alpha value is -4.09. The molecule has 1 saturated heterocycles. The zero-order chi connectivity index (χ0) is 29.1. The minimum absolute atomic E-state index is 0.108. The van der Waals surface area contributed by atoms with Crippen LogP contribution in [0.25, 0.3) is 0 Å². The summed E-state index contributed by atoms with van der Waals surface area (Å²) >= 11 is 5.92. The number of likely N-dealkylation sites (N-methyl/N-ethyl adjacent to an activating group) is 1. The van der Waals surface area contributed by atoms with Gasteiger partial charge in [0.1, 0.15) is 29.8 Å². The maximum absolute atomic E-state index is 13.5. The van der Waals surface area contributed by atoms with Crippen LogP contribution >= 0.6 is 11.6 Å². The van der Waals surface area contributed by atoms with Crippen molar-refractivity contribution >= 4 is 40.8 Å². The van der Waals surface area contributed by atoms with E-state index in [9.17, 15) is 14.4 Å². The van der Waals surface area contributed by atoms with Crippen LogP contribution in [0.5, 0.6) is 5.75 Å². The summed E-state index contributed by atoms with van der Waals surface area (Å²) in [7, 11) is 1.74. The summed E-state index contributed by atoms with van der Waals surface area (Å²) in [5.74, 6) is 0.533. The zero-order valence-corrected chi connectivity index (χ0v) is 23.8. The number of nitrogens with one attached hydrogen (secondary N) is 3. The molecule has 0 spiro atoms. The third-order valence-corrected chi connectivity index (χ3v) is 7.61. The number of benzene rings is 2. The second-order valence-electron chi connectivity index (χ2n) is 10.3. The van der Waals surface area contributed by atoms with Gasteiger partial charge in [0.15, 0.2) is 5.76 Å². The average molecular weight is 582 g/mol. The summed E-state index contributed by atoms with van der Waals surface area (Å²) in [6, 6.07) is 11.5. The Bertz CT molecular complexity index is 1420. The summed E-state index contributed by atoms with van der Waals surface area (Å²) in [6.45, 7) is 4.06. The number of carbonyl (C=O) groups is 3. The zero-order valence-electron chi connectivity index (χ0n) is 23.0. The molecular formula is C29H32ClN5O6. The molecule has 11 nitrogen and oxygen atoms in total. The quantitative estimate of drug-likeness (QED) is 0.385. The second kappa shape index (κ2) is 12.2. The molecule has 0 radical (unpaired) electrons. The fraction of sp³-hybridized carbons (Fsp3) is 0.379. The van der Waals surface area contributed by atoms with Crippen LogP contribution in [0.4, 0.5) is 16.2 Å². The van der Waals surface area contributed by atoms with E-state index < -0.39 is 12.1 Å². The fourth-order valence-corrected chi connectivity index (χ4v) is 5.25. The third kappa shape index (κ3) is 6.63. The maximum atomic E-state index is 13.5. The lowest BCUT2D eigenvalue weighted by atomic mass is 9.94. The molecule has 0 saturated carbocycles. The number of nitrogens with zero attached hydrogens (tertiary/aromatic N) is 2. The first kappa shape index (κ1) is 28.4. The van der Waals surface area contributed by atoms with Gasteiger partial charge in [0.05, 0.1) is 24.1 Å². The minimum atomic E-state index is -0.490. The first-order valence-corrected chi connectivity index (χ1v) is 13.8. The number of carbonyl (C=O) groups excluding carboxylic acids is 3. The molecule has 5 rings (SSSR count). The lowest BCUT2D eigenvalue weighted by Crippen LogP contribution is -2.53. The molecule has 0 aliphatic carbocycles. The number of ether oxygens (including phenoxy) is 2. The van der Waals surface area contributed by atoms with E-state index in [1.165, 1.54) is 0 Å². The number of anilines is 2. The molecule has 3 heterocycles. The smallest absolute Gasteiger partial charge is 0.323 e. The van der Waals surface area contributed by atoms with Gasteiger partial charge in [-0.05, 0) is 62.6 Å². The van der Waals surface area contributed by atoms with Crippen LogP contribution in [0, 0.1) is 13.8 Å². The highest BCUT2D eigenvalue weighted by molar-refractivity contribution is 6.30. The van der Waals surface area contributed by atoms with Crippen molar-refractivity contribution in [3.8, 4) is 5.75 Å². The van der Waals surface area contributed by atoms with Gasteiger partial charge in [0.25, 0.3) is 5.91 Å². The molecule has 41 heavy (non-hydrogen) atoms. The Morgan fingerprint density at radius 3 is 2.61 bits per heavy atom. The van der Waals surface area contributed by atoms with E-state index in [0.717, 1.165) is 5.56 Å². The number of aryl methyl sites for hydroxylation is 2. The number of aromatic nitrogens is 1. The van der Waals surface area contributed by atoms with Gasteiger partial charge in [-0.1, -0.05) is 28.9 Å². The van der Waals surface area contributed by atoms with Gasteiger partial charge in [-0.15, -0.1) is 0 Å². The van der Waals surface area contributed by atoms with Crippen molar-refractivity contribution in [1.29, 1.82) is 0 Å². The monoisotopic (exact) mass is 581 g/mol. The van der Waals surface area contributed by atoms with Gasteiger partial charge < -0.3 is 34.8 Å². The largest absolute Gasteiger partial charge is 0.490 e. The van der Waals surface area contributed by atoms with E-state index in [0.29, 0.717) is 58.6 Å². The predicted octanol–water partition coefficient (Wildman–Crippen LogP) is 4.68. The molecule has 216 valence electrons. The van der Waals surface area contributed by atoms with Gasteiger partial charge in [-0.25, -0.2) is 4.79 Å². The predicted molar refractivity (Wildman–Crippen MR) is 152 cm³/mol. The molecule has 2 aromatic carbocycles. The lowest BCUT2D eigenvalue weighted by molar-refractivity contribution is -0.134. The highest BCUT2D eigenvalue weighted by atomic mass is 35.5. The molecule has 3 atom stereocenters. The topological polar surface area (TPSA) is 135 Å². The molecule has 3 N–H and O–H groups in total.